The molecular weight excluding hydrogens is 462 g/mol. The first-order valence-electron chi connectivity index (χ1n) is 13.3. The van der Waals surface area contributed by atoms with Gasteiger partial charge in [0.1, 0.15) is 6.17 Å². The highest BCUT2D eigenvalue weighted by molar-refractivity contribution is 6.09. The van der Waals surface area contributed by atoms with E-state index in [1.165, 1.54) is 44.3 Å². The molecule has 1 heterocycles. The smallest absolute Gasteiger partial charge is 0.108 e. The van der Waals surface area contributed by atoms with Crippen molar-refractivity contribution in [3.63, 3.8) is 0 Å². The van der Waals surface area contributed by atoms with E-state index in [0.29, 0.717) is 0 Å². The molecule has 0 spiro atoms. The number of rotatable bonds is 4. The van der Waals surface area contributed by atoms with Crippen LogP contribution >= 0.6 is 0 Å². The molecule has 0 fully saturated rings. The van der Waals surface area contributed by atoms with E-state index in [1.807, 2.05) is 12.1 Å². The number of para-hydroxylation sites is 3. The Labute approximate surface area is 224 Å². The molecule has 0 saturated heterocycles. The zero-order valence-corrected chi connectivity index (χ0v) is 22.0. The zero-order valence-electron chi connectivity index (χ0n) is 22.0. The molecule has 7 rings (SSSR count). The Bertz CT molecular complexity index is 1730. The molecule has 0 radical (unpaired) electrons. The van der Waals surface area contributed by atoms with Crippen LogP contribution < -0.4 is 15.5 Å². The van der Waals surface area contributed by atoms with Crippen LogP contribution in [0.25, 0.3) is 28.0 Å². The molecule has 5 aromatic carbocycles. The SMILES string of the molecule is CC(N1C=Cc2cc3c(c4cccc1c24)C(C)(C)c1ccccc1-3)N(c1ccccc1)c1ccccc1N. The van der Waals surface area contributed by atoms with Gasteiger partial charge in [-0.3, -0.25) is 0 Å². The highest BCUT2D eigenvalue weighted by atomic mass is 15.4. The highest BCUT2D eigenvalue weighted by Crippen LogP contribution is 2.54. The van der Waals surface area contributed by atoms with Gasteiger partial charge < -0.3 is 15.5 Å². The third-order valence-corrected chi connectivity index (χ3v) is 8.38. The lowest BCUT2D eigenvalue weighted by Gasteiger charge is -2.41. The van der Waals surface area contributed by atoms with Crippen LogP contribution in [0, 0.1) is 0 Å². The molecule has 0 saturated carbocycles. The topological polar surface area (TPSA) is 32.5 Å². The Morgan fingerprint density at radius 2 is 1.53 bits per heavy atom. The summed E-state index contributed by atoms with van der Waals surface area (Å²) in [7, 11) is 0. The fourth-order valence-corrected chi connectivity index (χ4v) is 6.67. The van der Waals surface area contributed by atoms with E-state index in [9.17, 15) is 0 Å². The van der Waals surface area contributed by atoms with Gasteiger partial charge in [-0.25, -0.2) is 0 Å². The van der Waals surface area contributed by atoms with Gasteiger partial charge in [-0.05, 0) is 82.6 Å². The van der Waals surface area contributed by atoms with Crippen LogP contribution in [0.15, 0.2) is 109 Å². The van der Waals surface area contributed by atoms with Gasteiger partial charge in [-0.15, -0.1) is 0 Å². The Morgan fingerprint density at radius 3 is 2.34 bits per heavy atom. The van der Waals surface area contributed by atoms with Gasteiger partial charge in [0.25, 0.3) is 0 Å². The Morgan fingerprint density at radius 1 is 0.789 bits per heavy atom. The van der Waals surface area contributed by atoms with E-state index in [2.05, 4.69) is 134 Å². The van der Waals surface area contributed by atoms with E-state index in [-0.39, 0.29) is 11.6 Å². The molecular formula is C35H31N3. The minimum absolute atomic E-state index is 0.0180. The lowest BCUT2D eigenvalue weighted by molar-refractivity contribution is 0.666. The van der Waals surface area contributed by atoms with Gasteiger partial charge in [0, 0.05) is 22.7 Å². The Balaban J connectivity index is 1.42. The van der Waals surface area contributed by atoms with Crippen molar-refractivity contribution in [1.29, 1.82) is 0 Å². The first kappa shape index (κ1) is 22.7. The van der Waals surface area contributed by atoms with E-state index < -0.39 is 0 Å². The number of anilines is 4. The van der Waals surface area contributed by atoms with Crippen LogP contribution in [0.1, 0.15) is 37.5 Å². The maximum Gasteiger partial charge on any atom is 0.108 e. The van der Waals surface area contributed by atoms with Crippen molar-refractivity contribution in [2.24, 2.45) is 0 Å². The van der Waals surface area contributed by atoms with Crippen molar-refractivity contribution in [2.45, 2.75) is 32.4 Å². The maximum absolute atomic E-state index is 6.53. The Hall–Kier alpha value is -4.50. The van der Waals surface area contributed by atoms with Crippen molar-refractivity contribution in [2.75, 3.05) is 15.5 Å². The van der Waals surface area contributed by atoms with E-state index >= 15 is 0 Å². The third kappa shape index (κ3) is 3.15. The first-order chi connectivity index (χ1) is 18.5. The van der Waals surface area contributed by atoms with Gasteiger partial charge in [0.2, 0.25) is 0 Å². The predicted octanol–water partition coefficient (Wildman–Crippen LogP) is 8.70. The normalized spacial score (nSPS) is 15.3. The summed E-state index contributed by atoms with van der Waals surface area (Å²) in [5.41, 5.74) is 17.4. The summed E-state index contributed by atoms with van der Waals surface area (Å²) in [5.74, 6) is 0. The summed E-state index contributed by atoms with van der Waals surface area (Å²) in [5, 5.41) is 2.65. The van der Waals surface area contributed by atoms with Crippen molar-refractivity contribution < 1.29 is 0 Å². The third-order valence-electron chi connectivity index (χ3n) is 8.38. The molecule has 38 heavy (non-hydrogen) atoms. The number of benzene rings is 5. The van der Waals surface area contributed by atoms with Crippen LogP contribution in [0.4, 0.5) is 22.7 Å². The molecule has 1 aliphatic heterocycles. The monoisotopic (exact) mass is 493 g/mol. The van der Waals surface area contributed by atoms with Crippen LogP contribution in [-0.4, -0.2) is 6.17 Å². The zero-order chi connectivity index (χ0) is 26.0. The lowest BCUT2D eigenvalue weighted by Crippen LogP contribution is -2.42. The summed E-state index contributed by atoms with van der Waals surface area (Å²) in [6, 6.07) is 36.7. The molecule has 2 aliphatic rings. The number of hydrogen-bond donors (Lipinski definition) is 1. The average Bonchev–Trinajstić information content (AvgIpc) is 3.17. The van der Waals surface area contributed by atoms with Crippen molar-refractivity contribution in [3.05, 3.63) is 126 Å². The molecule has 5 aromatic rings. The summed E-state index contributed by atoms with van der Waals surface area (Å²) in [6.45, 7) is 6.97. The molecule has 1 atom stereocenters. The Kier molecular flexibility index (Phi) is 4.93. The number of hydrogen-bond acceptors (Lipinski definition) is 3. The molecule has 3 nitrogen and oxygen atoms in total. The average molecular weight is 494 g/mol. The molecule has 1 unspecified atom stereocenters. The summed E-state index contributed by atoms with van der Waals surface area (Å²) >= 11 is 0. The summed E-state index contributed by atoms with van der Waals surface area (Å²) in [4.78, 5) is 4.72. The maximum atomic E-state index is 6.53. The summed E-state index contributed by atoms with van der Waals surface area (Å²) < 4.78 is 0. The second-order valence-corrected chi connectivity index (χ2v) is 10.9. The molecule has 3 heteroatoms. The second kappa shape index (κ2) is 8.26. The quantitative estimate of drug-likeness (QED) is 0.254. The predicted molar refractivity (Wildman–Crippen MR) is 162 cm³/mol. The van der Waals surface area contributed by atoms with Crippen molar-refractivity contribution in [3.8, 4) is 11.1 Å². The minimum Gasteiger partial charge on any atom is -0.397 e. The van der Waals surface area contributed by atoms with Gasteiger partial charge in [-0.1, -0.05) is 80.6 Å². The minimum atomic E-state index is -0.0603. The lowest BCUT2D eigenvalue weighted by atomic mass is 9.79. The molecule has 0 amide bonds. The largest absolute Gasteiger partial charge is 0.397 e. The second-order valence-electron chi connectivity index (χ2n) is 10.9. The van der Waals surface area contributed by atoms with Gasteiger partial charge >= 0.3 is 0 Å². The van der Waals surface area contributed by atoms with Crippen LogP contribution in [0.5, 0.6) is 0 Å². The van der Waals surface area contributed by atoms with Gasteiger partial charge in [0.05, 0.1) is 17.1 Å². The molecule has 0 bridgehead atoms. The molecule has 0 aromatic heterocycles. The van der Waals surface area contributed by atoms with Crippen LogP contribution in [0.3, 0.4) is 0 Å². The fraction of sp³-hybridized carbons (Fsp3) is 0.143. The first-order valence-corrected chi connectivity index (χ1v) is 13.3. The highest BCUT2D eigenvalue weighted by Gasteiger charge is 2.38. The number of nitrogens with zero attached hydrogens (tertiary/aromatic N) is 2. The van der Waals surface area contributed by atoms with E-state index in [4.69, 9.17) is 5.73 Å². The van der Waals surface area contributed by atoms with Crippen molar-refractivity contribution >= 4 is 39.6 Å². The number of fused-ring (bicyclic) bond motifs is 4. The summed E-state index contributed by atoms with van der Waals surface area (Å²) in [6.07, 6.45) is 4.49. The van der Waals surface area contributed by atoms with Crippen LogP contribution in [0.2, 0.25) is 0 Å². The van der Waals surface area contributed by atoms with Crippen LogP contribution in [-0.2, 0) is 5.41 Å². The van der Waals surface area contributed by atoms with Gasteiger partial charge in [0.15, 0.2) is 0 Å². The molecule has 2 N–H and O–H groups in total. The standard InChI is InChI=1S/C35H31N3/c1-23(38(25-12-5-4-6-13-25)31-18-10-9-17-30(31)36)37-21-20-24-22-28-26-14-7-8-16-29(26)35(2,3)34(28)27-15-11-19-32(37)33(24)27/h4-23H,36H2,1-3H3. The molecule has 186 valence electrons. The fourth-order valence-electron chi connectivity index (χ4n) is 6.67. The number of nitrogen functional groups attached to an aromatic ring is 1. The van der Waals surface area contributed by atoms with Crippen molar-refractivity contribution in [1.82, 2.24) is 0 Å². The molecule has 1 aliphatic carbocycles. The van der Waals surface area contributed by atoms with E-state index in [0.717, 1.165) is 17.1 Å². The van der Waals surface area contributed by atoms with E-state index in [1.54, 1.807) is 0 Å². The van der Waals surface area contributed by atoms with Gasteiger partial charge in [-0.2, -0.15) is 0 Å². The number of nitrogens with two attached hydrogens (primary N) is 1.